The number of likely N-dealkylation sites (tertiary alicyclic amines) is 1. The highest BCUT2D eigenvalue weighted by atomic mass is 35.5. The molecule has 1 atom stereocenters. The van der Waals surface area contributed by atoms with Crippen LogP contribution >= 0.6 is 11.6 Å². The Kier molecular flexibility index (Phi) is 8.33. The van der Waals surface area contributed by atoms with Crippen molar-refractivity contribution in [2.24, 2.45) is 0 Å². The van der Waals surface area contributed by atoms with E-state index in [1.54, 1.807) is 0 Å². The molecule has 0 spiro atoms. The zero-order chi connectivity index (χ0) is 20.6. The second kappa shape index (κ2) is 11.0. The molecule has 2 aromatic rings. The molecule has 0 amide bonds. The fourth-order valence-electron chi connectivity index (χ4n) is 3.69. The van der Waals surface area contributed by atoms with E-state index in [1.165, 1.54) is 5.56 Å². The maximum absolute atomic E-state index is 10.3. The van der Waals surface area contributed by atoms with Crippen LogP contribution in [0.3, 0.4) is 0 Å². The quantitative estimate of drug-likeness (QED) is 0.655. The SMILES string of the molecule is CN(Cc1cccc(Cl)c1)Cc1cccc(OCC(O)CN2CCC(O)CC2)c1. The fraction of sp³-hybridized carbons (Fsp3) is 0.478. The molecular weight excluding hydrogens is 388 g/mol. The summed E-state index contributed by atoms with van der Waals surface area (Å²) in [5.74, 6) is 0.770. The van der Waals surface area contributed by atoms with Crippen LogP contribution in [0.2, 0.25) is 5.02 Å². The number of benzene rings is 2. The van der Waals surface area contributed by atoms with Gasteiger partial charge in [0.05, 0.1) is 6.10 Å². The molecule has 2 N–H and O–H groups in total. The molecule has 29 heavy (non-hydrogen) atoms. The van der Waals surface area contributed by atoms with Gasteiger partial charge in [-0.15, -0.1) is 0 Å². The summed E-state index contributed by atoms with van der Waals surface area (Å²) in [5.41, 5.74) is 2.34. The van der Waals surface area contributed by atoms with E-state index in [0.717, 1.165) is 55.4 Å². The molecule has 5 nitrogen and oxygen atoms in total. The van der Waals surface area contributed by atoms with Gasteiger partial charge < -0.3 is 19.8 Å². The third kappa shape index (κ3) is 7.61. The summed E-state index contributed by atoms with van der Waals surface area (Å²) in [4.78, 5) is 4.41. The van der Waals surface area contributed by atoms with Crippen LogP contribution in [-0.4, -0.2) is 65.5 Å². The van der Waals surface area contributed by atoms with Gasteiger partial charge in [-0.25, -0.2) is 0 Å². The van der Waals surface area contributed by atoms with Gasteiger partial charge in [-0.3, -0.25) is 4.90 Å². The van der Waals surface area contributed by atoms with Crippen molar-refractivity contribution in [3.63, 3.8) is 0 Å². The molecule has 0 bridgehead atoms. The molecule has 3 rings (SSSR count). The largest absolute Gasteiger partial charge is 0.491 e. The molecule has 1 unspecified atom stereocenters. The number of ether oxygens (including phenoxy) is 1. The molecule has 158 valence electrons. The average molecular weight is 419 g/mol. The lowest BCUT2D eigenvalue weighted by molar-refractivity contribution is 0.0337. The molecule has 1 heterocycles. The Hall–Kier alpha value is -1.63. The Morgan fingerprint density at radius 2 is 1.76 bits per heavy atom. The summed E-state index contributed by atoms with van der Waals surface area (Å²) >= 11 is 6.07. The van der Waals surface area contributed by atoms with Crippen molar-refractivity contribution >= 4 is 11.6 Å². The van der Waals surface area contributed by atoms with Crippen LogP contribution in [-0.2, 0) is 13.1 Å². The molecule has 0 radical (unpaired) electrons. The summed E-state index contributed by atoms with van der Waals surface area (Å²) in [7, 11) is 2.08. The number of aliphatic hydroxyl groups is 2. The molecule has 1 aliphatic heterocycles. The molecule has 2 aromatic carbocycles. The van der Waals surface area contributed by atoms with Crippen LogP contribution in [0.25, 0.3) is 0 Å². The summed E-state index contributed by atoms with van der Waals surface area (Å²) in [6, 6.07) is 15.9. The smallest absolute Gasteiger partial charge is 0.119 e. The van der Waals surface area contributed by atoms with E-state index in [2.05, 4.69) is 29.0 Å². The molecule has 0 aromatic heterocycles. The first-order valence-electron chi connectivity index (χ1n) is 10.2. The van der Waals surface area contributed by atoms with Crippen molar-refractivity contribution in [2.75, 3.05) is 33.3 Å². The maximum Gasteiger partial charge on any atom is 0.119 e. The van der Waals surface area contributed by atoms with Crippen LogP contribution in [0.15, 0.2) is 48.5 Å². The van der Waals surface area contributed by atoms with Crippen LogP contribution in [0.1, 0.15) is 24.0 Å². The summed E-state index contributed by atoms with van der Waals surface area (Å²) in [6.07, 6.45) is 0.815. The number of piperidine rings is 1. The molecule has 0 aliphatic carbocycles. The van der Waals surface area contributed by atoms with E-state index in [-0.39, 0.29) is 12.7 Å². The zero-order valence-corrected chi connectivity index (χ0v) is 17.8. The summed E-state index contributed by atoms with van der Waals surface area (Å²) < 4.78 is 5.82. The minimum absolute atomic E-state index is 0.195. The molecular formula is C23H31ClN2O3. The van der Waals surface area contributed by atoms with Gasteiger partial charge in [-0.2, -0.15) is 0 Å². The van der Waals surface area contributed by atoms with Gasteiger partial charge in [0, 0.05) is 37.7 Å². The molecule has 0 saturated carbocycles. The highest BCUT2D eigenvalue weighted by Crippen LogP contribution is 2.17. The minimum atomic E-state index is -0.542. The van der Waals surface area contributed by atoms with E-state index >= 15 is 0 Å². The first kappa shape index (κ1) is 22.1. The number of rotatable bonds is 9. The highest BCUT2D eigenvalue weighted by molar-refractivity contribution is 6.30. The molecule has 6 heteroatoms. The summed E-state index contributed by atoms with van der Waals surface area (Å²) in [6.45, 7) is 4.10. The maximum atomic E-state index is 10.3. The predicted octanol–water partition coefficient (Wildman–Crippen LogP) is 3.17. The van der Waals surface area contributed by atoms with Crippen molar-refractivity contribution in [3.05, 3.63) is 64.7 Å². The van der Waals surface area contributed by atoms with Gasteiger partial charge >= 0.3 is 0 Å². The lowest BCUT2D eigenvalue weighted by atomic mass is 10.1. The van der Waals surface area contributed by atoms with Crippen molar-refractivity contribution < 1.29 is 14.9 Å². The standard InChI is InChI=1S/C23H31ClN2O3/c1-25(14-18-4-2-6-20(24)12-18)15-19-5-3-7-23(13-19)29-17-22(28)16-26-10-8-21(27)9-11-26/h2-7,12-13,21-22,27-28H,8-11,14-17H2,1H3. The van der Waals surface area contributed by atoms with E-state index in [9.17, 15) is 10.2 Å². The van der Waals surface area contributed by atoms with Gasteiger partial charge in [-0.1, -0.05) is 35.9 Å². The topological polar surface area (TPSA) is 56.2 Å². The van der Waals surface area contributed by atoms with E-state index < -0.39 is 6.10 Å². The minimum Gasteiger partial charge on any atom is -0.491 e. The van der Waals surface area contributed by atoms with Gasteiger partial charge in [-0.05, 0) is 55.3 Å². The molecule has 1 saturated heterocycles. The summed E-state index contributed by atoms with van der Waals surface area (Å²) in [5, 5.41) is 20.6. The lowest BCUT2D eigenvalue weighted by Crippen LogP contribution is -2.41. The van der Waals surface area contributed by atoms with Crippen molar-refractivity contribution in [3.8, 4) is 5.75 Å². The normalized spacial score (nSPS) is 16.9. The predicted molar refractivity (Wildman–Crippen MR) is 116 cm³/mol. The Morgan fingerprint density at radius 3 is 2.45 bits per heavy atom. The van der Waals surface area contributed by atoms with E-state index in [4.69, 9.17) is 16.3 Å². The molecule has 1 fully saturated rings. The van der Waals surface area contributed by atoms with Gasteiger partial charge in [0.25, 0.3) is 0 Å². The Balaban J connectivity index is 1.45. The lowest BCUT2D eigenvalue weighted by Gasteiger charge is -2.30. The van der Waals surface area contributed by atoms with Crippen LogP contribution in [0, 0.1) is 0 Å². The van der Waals surface area contributed by atoms with Crippen LogP contribution in [0.5, 0.6) is 5.75 Å². The Bertz CT molecular complexity index is 765. The highest BCUT2D eigenvalue weighted by Gasteiger charge is 2.19. The molecule has 1 aliphatic rings. The Morgan fingerprint density at radius 1 is 1.10 bits per heavy atom. The first-order valence-corrected chi connectivity index (χ1v) is 10.6. The van der Waals surface area contributed by atoms with Crippen LogP contribution < -0.4 is 4.74 Å². The van der Waals surface area contributed by atoms with Gasteiger partial charge in [0.1, 0.15) is 18.5 Å². The Labute approximate surface area is 178 Å². The van der Waals surface area contributed by atoms with Gasteiger partial charge in [0.15, 0.2) is 0 Å². The van der Waals surface area contributed by atoms with Crippen molar-refractivity contribution in [1.29, 1.82) is 0 Å². The second-order valence-corrected chi connectivity index (χ2v) is 8.38. The number of halogens is 1. The van der Waals surface area contributed by atoms with Crippen molar-refractivity contribution in [2.45, 2.75) is 38.1 Å². The number of hydrogen-bond acceptors (Lipinski definition) is 5. The van der Waals surface area contributed by atoms with E-state index in [0.29, 0.717) is 6.54 Å². The first-order chi connectivity index (χ1) is 14.0. The monoisotopic (exact) mass is 418 g/mol. The number of β-amino-alcohol motifs (C(OH)–C–C–N with tert-alkyl or cyclic N) is 1. The average Bonchev–Trinajstić information content (AvgIpc) is 2.68. The van der Waals surface area contributed by atoms with Crippen LogP contribution in [0.4, 0.5) is 0 Å². The third-order valence-electron chi connectivity index (χ3n) is 5.16. The number of hydrogen-bond donors (Lipinski definition) is 2. The number of nitrogens with zero attached hydrogens (tertiary/aromatic N) is 2. The fourth-order valence-corrected chi connectivity index (χ4v) is 3.91. The van der Waals surface area contributed by atoms with Gasteiger partial charge in [0.2, 0.25) is 0 Å². The second-order valence-electron chi connectivity index (χ2n) is 7.95. The van der Waals surface area contributed by atoms with Crippen molar-refractivity contribution in [1.82, 2.24) is 9.80 Å². The third-order valence-corrected chi connectivity index (χ3v) is 5.40. The zero-order valence-electron chi connectivity index (χ0n) is 17.0. The van der Waals surface area contributed by atoms with E-state index in [1.807, 2.05) is 36.4 Å². The number of aliphatic hydroxyl groups excluding tert-OH is 2.